The van der Waals surface area contributed by atoms with Crippen molar-refractivity contribution < 1.29 is 0 Å². The molecule has 3 heterocycles. The molecule has 0 radical (unpaired) electrons. The Kier molecular flexibility index (Phi) is 2.40. The first-order valence-corrected chi connectivity index (χ1v) is 5.98. The highest BCUT2D eigenvalue weighted by atomic mass is 15.0. The van der Waals surface area contributed by atoms with Gasteiger partial charge in [0.2, 0.25) is 0 Å². The molecule has 0 aliphatic carbocycles. The van der Waals surface area contributed by atoms with Gasteiger partial charge in [0, 0.05) is 12.2 Å². The van der Waals surface area contributed by atoms with Crippen LogP contribution in [0.5, 0.6) is 0 Å². The minimum absolute atomic E-state index is 0.517. The molecule has 3 heteroatoms. The number of nitrogens with zero attached hydrogens (tertiary/aromatic N) is 2. The maximum atomic E-state index is 4.14. The number of rotatable bonds is 1. The summed E-state index contributed by atoms with van der Waals surface area (Å²) in [4.78, 5) is 4.14. The molecule has 0 saturated carbocycles. The fourth-order valence-electron chi connectivity index (χ4n) is 2.43. The molecule has 3 rings (SSSR count). The number of hydrogen-bond acceptors (Lipinski definition) is 2. The first-order chi connectivity index (χ1) is 7.83. The third kappa shape index (κ3) is 1.71. The molecule has 1 saturated heterocycles. The van der Waals surface area contributed by atoms with E-state index in [1.54, 1.807) is 0 Å². The van der Waals surface area contributed by atoms with Crippen molar-refractivity contribution in [3.8, 4) is 0 Å². The minimum Gasteiger partial charge on any atom is -0.310 e. The van der Waals surface area contributed by atoms with Gasteiger partial charge in [0.15, 0.2) is 0 Å². The molecule has 0 amide bonds. The summed E-state index contributed by atoms with van der Waals surface area (Å²) in [5, 5.41) is 3.61. The van der Waals surface area contributed by atoms with E-state index in [-0.39, 0.29) is 0 Å². The van der Waals surface area contributed by atoms with Gasteiger partial charge in [-0.15, -0.1) is 0 Å². The molecule has 16 heavy (non-hydrogen) atoms. The smallest absolute Gasteiger partial charge is 0.0992 e. The second-order valence-electron chi connectivity index (χ2n) is 4.83. The van der Waals surface area contributed by atoms with Crippen molar-refractivity contribution in [2.75, 3.05) is 6.54 Å². The molecule has 2 atom stereocenters. The first kappa shape index (κ1) is 9.85. The van der Waals surface area contributed by atoms with Crippen LogP contribution < -0.4 is 5.32 Å². The van der Waals surface area contributed by atoms with Gasteiger partial charge in [-0.3, -0.25) is 0 Å². The van der Waals surface area contributed by atoms with E-state index in [1.807, 2.05) is 12.5 Å². The van der Waals surface area contributed by atoms with Crippen LogP contribution in [-0.4, -0.2) is 15.9 Å². The quantitative estimate of drug-likeness (QED) is 0.791. The molecule has 0 aromatic carbocycles. The summed E-state index contributed by atoms with van der Waals surface area (Å²) in [6.45, 7) is 3.44. The van der Waals surface area contributed by atoms with E-state index in [4.69, 9.17) is 0 Å². The Balaban J connectivity index is 1.87. The van der Waals surface area contributed by atoms with Gasteiger partial charge in [-0.1, -0.05) is 13.0 Å². The zero-order chi connectivity index (χ0) is 11.0. The zero-order valence-corrected chi connectivity index (χ0v) is 9.56. The summed E-state index contributed by atoms with van der Waals surface area (Å²) in [5.41, 5.74) is 2.53. The standard InChI is InChI=1S/C13H17N3/c1-10-2-5-13(15-6-10)11-3-4-12-7-14-9-16(12)8-11/h3-4,7-10,13,15H,2,5-6H2,1H3/t10-,13+/m0/s1. The van der Waals surface area contributed by atoms with E-state index < -0.39 is 0 Å². The molecule has 0 spiro atoms. The van der Waals surface area contributed by atoms with Crippen molar-refractivity contribution in [2.24, 2.45) is 5.92 Å². The fraction of sp³-hybridized carbons (Fsp3) is 0.462. The second-order valence-corrected chi connectivity index (χ2v) is 4.83. The Labute approximate surface area is 95.5 Å². The number of hydrogen-bond donors (Lipinski definition) is 1. The first-order valence-electron chi connectivity index (χ1n) is 5.98. The van der Waals surface area contributed by atoms with Crippen molar-refractivity contribution in [1.82, 2.24) is 14.7 Å². The van der Waals surface area contributed by atoms with Crippen LogP contribution in [0.2, 0.25) is 0 Å². The summed E-state index contributed by atoms with van der Waals surface area (Å²) < 4.78 is 2.09. The molecule has 3 nitrogen and oxygen atoms in total. The minimum atomic E-state index is 0.517. The van der Waals surface area contributed by atoms with Crippen molar-refractivity contribution >= 4 is 5.52 Å². The van der Waals surface area contributed by atoms with Crippen LogP contribution >= 0.6 is 0 Å². The summed E-state index contributed by atoms with van der Waals surface area (Å²) in [7, 11) is 0. The zero-order valence-electron chi connectivity index (χ0n) is 9.56. The lowest BCUT2D eigenvalue weighted by atomic mass is 9.93. The van der Waals surface area contributed by atoms with E-state index in [9.17, 15) is 0 Å². The van der Waals surface area contributed by atoms with Gasteiger partial charge in [0.1, 0.15) is 0 Å². The highest BCUT2D eigenvalue weighted by Crippen LogP contribution is 2.25. The predicted octanol–water partition coefficient (Wildman–Crippen LogP) is 2.39. The fourth-order valence-corrected chi connectivity index (χ4v) is 2.43. The maximum Gasteiger partial charge on any atom is 0.0992 e. The van der Waals surface area contributed by atoms with Crippen LogP contribution in [0.15, 0.2) is 30.9 Å². The molecule has 84 valence electrons. The number of imidazole rings is 1. The van der Waals surface area contributed by atoms with Gasteiger partial charge in [0.05, 0.1) is 18.0 Å². The Bertz CT molecular complexity index is 481. The van der Waals surface area contributed by atoms with Crippen LogP contribution in [0.3, 0.4) is 0 Å². The van der Waals surface area contributed by atoms with E-state index in [1.165, 1.54) is 18.4 Å². The molecule has 1 N–H and O–H groups in total. The van der Waals surface area contributed by atoms with E-state index in [0.29, 0.717) is 6.04 Å². The lowest BCUT2D eigenvalue weighted by Gasteiger charge is -2.28. The largest absolute Gasteiger partial charge is 0.310 e. The average molecular weight is 215 g/mol. The molecule has 1 fully saturated rings. The van der Waals surface area contributed by atoms with Gasteiger partial charge in [0.25, 0.3) is 0 Å². The van der Waals surface area contributed by atoms with Crippen LogP contribution in [0.25, 0.3) is 5.52 Å². The highest BCUT2D eigenvalue weighted by Gasteiger charge is 2.18. The lowest BCUT2D eigenvalue weighted by molar-refractivity contribution is 0.332. The van der Waals surface area contributed by atoms with Crippen LogP contribution in [0.1, 0.15) is 31.4 Å². The van der Waals surface area contributed by atoms with Gasteiger partial charge in [-0.25, -0.2) is 4.98 Å². The van der Waals surface area contributed by atoms with Gasteiger partial charge in [-0.2, -0.15) is 0 Å². The molecular weight excluding hydrogens is 198 g/mol. The van der Waals surface area contributed by atoms with Crippen molar-refractivity contribution in [3.05, 3.63) is 36.4 Å². The molecule has 1 aliphatic heterocycles. The summed E-state index contributed by atoms with van der Waals surface area (Å²) in [5.74, 6) is 0.813. The number of aromatic nitrogens is 2. The van der Waals surface area contributed by atoms with E-state index >= 15 is 0 Å². The normalized spacial score (nSPS) is 26.1. The van der Waals surface area contributed by atoms with Crippen molar-refractivity contribution in [2.45, 2.75) is 25.8 Å². The average Bonchev–Trinajstić information content (AvgIpc) is 2.77. The molecule has 0 bridgehead atoms. The molecular formula is C13H17N3. The number of pyridine rings is 1. The Morgan fingerprint density at radius 3 is 3.12 bits per heavy atom. The Hall–Kier alpha value is -1.35. The van der Waals surface area contributed by atoms with E-state index in [0.717, 1.165) is 18.0 Å². The van der Waals surface area contributed by atoms with Crippen LogP contribution in [-0.2, 0) is 0 Å². The third-order valence-electron chi connectivity index (χ3n) is 3.49. The molecule has 2 aromatic rings. The molecule has 0 unspecified atom stereocenters. The molecule has 2 aromatic heterocycles. The highest BCUT2D eigenvalue weighted by molar-refractivity contribution is 5.45. The summed E-state index contributed by atoms with van der Waals surface area (Å²) in [6, 6.07) is 4.87. The third-order valence-corrected chi connectivity index (χ3v) is 3.49. The van der Waals surface area contributed by atoms with Crippen LogP contribution in [0.4, 0.5) is 0 Å². The number of fused-ring (bicyclic) bond motifs is 1. The lowest BCUT2D eigenvalue weighted by Crippen LogP contribution is -2.31. The van der Waals surface area contributed by atoms with Gasteiger partial charge >= 0.3 is 0 Å². The van der Waals surface area contributed by atoms with Crippen molar-refractivity contribution in [3.63, 3.8) is 0 Å². The van der Waals surface area contributed by atoms with Crippen molar-refractivity contribution in [1.29, 1.82) is 0 Å². The Morgan fingerprint density at radius 2 is 2.31 bits per heavy atom. The Morgan fingerprint density at radius 1 is 1.38 bits per heavy atom. The SMILES string of the molecule is C[C@H]1CC[C@H](c2ccc3cncn3c2)NC1. The topological polar surface area (TPSA) is 29.3 Å². The summed E-state index contributed by atoms with van der Waals surface area (Å²) >= 11 is 0. The van der Waals surface area contributed by atoms with Gasteiger partial charge in [-0.05, 0) is 36.9 Å². The monoisotopic (exact) mass is 215 g/mol. The number of nitrogens with one attached hydrogen (secondary N) is 1. The van der Waals surface area contributed by atoms with E-state index in [2.05, 4.69) is 40.0 Å². The second kappa shape index (κ2) is 3.91. The predicted molar refractivity (Wildman–Crippen MR) is 64.3 cm³/mol. The molecule has 1 aliphatic rings. The summed E-state index contributed by atoms with van der Waals surface area (Å²) in [6.07, 6.45) is 8.50. The van der Waals surface area contributed by atoms with Gasteiger partial charge < -0.3 is 9.72 Å². The maximum absolute atomic E-state index is 4.14. The van der Waals surface area contributed by atoms with Crippen LogP contribution in [0, 0.1) is 5.92 Å². The number of piperidine rings is 1.